The molecular weight excluding hydrogens is 354 g/mol. The summed E-state index contributed by atoms with van der Waals surface area (Å²) in [6.45, 7) is 4.04. The van der Waals surface area contributed by atoms with E-state index in [1.54, 1.807) is 19.2 Å². The first kappa shape index (κ1) is 19.8. The fourth-order valence-electron chi connectivity index (χ4n) is 2.78. The van der Waals surface area contributed by atoms with Gasteiger partial charge in [-0.05, 0) is 35.7 Å². The second kappa shape index (κ2) is 8.74. The van der Waals surface area contributed by atoms with E-state index in [0.29, 0.717) is 28.1 Å². The Kier molecular flexibility index (Phi) is 6.66. The number of halogens is 1. The maximum absolute atomic E-state index is 11.3. The second-order valence-corrected chi connectivity index (χ2v) is 5.79. The van der Waals surface area contributed by atoms with E-state index in [1.807, 2.05) is 32.0 Å². The van der Waals surface area contributed by atoms with Crippen LogP contribution >= 0.6 is 11.6 Å². The standard InChI is InChI=1S/C18H16ClNO4.C2H6/c1-24-17-6-11(3-2-10(17)4-5-21)12-7-13-14(18(22)23)9-20-16(13)8-15(12)19;1-2/h2-3,6-9,20-21H,4-5H2,1H3,(H,22,23);1-2H3. The van der Waals surface area contributed by atoms with Gasteiger partial charge in [0.2, 0.25) is 0 Å². The Morgan fingerprint density at radius 3 is 2.58 bits per heavy atom. The van der Waals surface area contributed by atoms with Gasteiger partial charge in [-0.3, -0.25) is 0 Å². The van der Waals surface area contributed by atoms with Gasteiger partial charge in [-0.25, -0.2) is 4.79 Å². The zero-order chi connectivity index (χ0) is 19.3. The van der Waals surface area contributed by atoms with Crippen molar-refractivity contribution in [3.8, 4) is 16.9 Å². The molecule has 0 bridgehead atoms. The number of hydrogen-bond donors (Lipinski definition) is 3. The summed E-state index contributed by atoms with van der Waals surface area (Å²) in [6, 6.07) is 9.07. The lowest BCUT2D eigenvalue weighted by Gasteiger charge is -2.11. The molecule has 0 aliphatic carbocycles. The summed E-state index contributed by atoms with van der Waals surface area (Å²) in [7, 11) is 1.57. The average Bonchev–Trinajstić information content (AvgIpc) is 3.06. The van der Waals surface area contributed by atoms with Crippen LogP contribution in [-0.2, 0) is 6.42 Å². The third-order valence-electron chi connectivity index (χ3n) is 3.98. The van der Waals surface area contributed by atoms with Gasteiger partial charge in [-0.15, -0.1) is 0 Å². The molecular formula is C20H22ClNO4. The number of ether oxygens (including phenoxy) is 1. The molecule has 0 radical (unpaired) electrons. The number of fused-ring (bicyclic) bond motifs is 1. The van der Waals surface area contributed by atoms with Crippen molar-refractivity contribution in [2.24, 2.45) is 0 Å². The fourth-order valence-corrected chi connectivity index (χ4v) is 3.05. The predicted molar refractivity (Wildman–Crippen MR) is 104 cm³/mol. The van der Waals surface area contributed by atoms with Crippen LogP contribution in [0.5, 0.6) is 5.75 Å². The SMILES string of the molecule is CC.COc1cc(-c2cc3c(C(=O)O)c[nH]c3cc2Cl)ccc1CCO. The van der Waals surface area contributed by atoms with Gasteiger partial charge in [0.1, 0.15) is 5.75 Å². The van der Waals surface area contributed by atoms with E-state index in [2.05, 4.69) is 4.98 Å². The molecule has 2 aromatic carbocycles. The first-order valence-electron chi connectivity index (χ1n) is 8.37. The Labute approximate surface area is 157 Å². The number of aliphatic hydroxyl groups excluding tert-OH is 1. The summed E-state index contributed by atoms with van der Waals surface area (Å²) < 4.78 is 5.38. The minimum absolute atomic E-state index is 0.0355. The highest BCUT2D eigenvalue weighted by molar-refractivity contribution is 6.34. The monoisotopic (exact) mass is 375 g/mol. The summed E-state index contributed by atoms with van der Waals surface area (Å²) >= 11 is 6.37. The molecule has 5 nitrogen and oxygen atoms in total. The van der Waals surface area contributed by atoms with Crippen molar-refractivity contribution >= 4 is 28.5 Å². The average molecular weight is 376 g/mol. The van der Waals surface area contributed by atoms with Crippen molar-refractivity contribution < 1.29 is 19.7 Å². The largest absolute Gasteiger partial charge is 0.496 e. The minimum Gasteiger partial charge on any atom is -0.496 e. The normalized spacial score (nSPS) is 10.3. The van der Waals surface area contributed by atoms with Crippen LogP contribution in [-0.4, -0.2) is 34.9 Å². The number of benzene rings is 2. The zero-order valence-corrected chi connectivity index (χ0v) is 15.7. The number of aromatic carboxylic acids is 1. The maximum atomic E-state index is 11.3. The maximum Gasteiger partial charge on any atom is 0.337 e. The number of hydrogen-bond acceptors (Lipinski definition) is 3. The number of carboxylic acid groups (broad SMARTS) is 1. The van der Waals surface area contributed by atoms with Gasteiger partial charge >= 0.3 is 5.97 Å². The van der Waals surface area contributed by atoms with Crippen molar-refractivity contribution in [2.75, 3.05) is 13.7 Å². The number of H-pyrrole nitrogens is 1. The molecule has 0 aliphatic heterocycles. The Hall–Kier alpha value is -2.50. The first-order valence-corrected chi connectivity index (χ1v) is 8.75. The van der Waals surface area contributed by atoms with Gasteiger partial charge in [-0.1, -0.05) is 37.6 Å². The van der Waals surface area contributed by atoms with E-state index in [1.165, 1.54) is 6.20 Å². The second-order valence-electron chi connectivity index (χ2n) is 5.39. The van der Waals surface area contributed by atoms with Crippen LogP contribution in [0.25, 0.3) is 22.0 Å². The van der Waals surface area contributed by atoms with Gasteiger partial charge in [0.15, 0.2) is 0 Å². The van der Waals surface area contributed by atoms with Crippen molar-refractivity contribution in [1.29, 1.82) is 0 Å². The number of methoxy groups -OCH3 is 1. The van der Waals surface area contributed by atoms with Crippen LogP contribution in [0, 0.1) is 0 Å². The molecule has 0 saturated carbocycles. The molecule has 0 spiro atoms. The topological polar surface area (TPSA) is 82.5 Å². The Bertz CT molecular complexity index is 918. The molecule has 3 aromatic rings. The fraction of sp³-hybridized carbons (Fsp3) is 0.250. The number of carboxylic acids is 1. The van der Waals surface area contributed by atoms with Crippen molar-refractivity contribution in [1.82, 2.24) is 4.98 Å². The molecule has 0 amide bonds. The number of nitrogens with one attached hydrogen (secondary N) is 1. The summed E-state index contributed by atoms with van der Waals surface area (Å²) in [5, 5.41) is 19.5. The Balaban J connectivity index is 0.00000117. The quantitative estimate of drug-likeness (QED) is 0.600. The molecule has 0 aliphatic rings. The third kappa shape index (κ3) is 3.84. The molecule has 6 heteroatoms. The smallest absolute Gasteiger partial charge is 0.337 e. The molecule has 3 rings (SSSR count). The molecule has 0 unspecified atom stereocenters. The van der Waals surface area contributed by atoms with Gasteiger partial charge in [0, 0.05) is 29.3 Å². The molecule has 1 aromatic heterocycles. The minimum atomic E-state index is -0.995. The number of rotatable bonds is 5. The molecule has 0 fully saturated rings. The van der Waals surface area contributed by atoms with E-state index in [9.17, 15) is 9.90 Å². The van der Waals surface area contributed by atoms with Gasteiger partial charge in [0.25, 0.3) is 0 Å². The van der Waals surface area contributed by atoms with Crippen LogP contribution < -0.4 is 4.74 Å². The van der Waals surface area contributed by atoms with Crippen molar-refractivity contribution in [3.63, 3.8) is 0 Å². The lowest BCUT2D eigenvalue weighted by Crippen LogP contribution is -1.96. The van der Waals surface area contributed by atoms with E-state index < -0.39 is 5.97 Å². The lowest BCUT2D eigenvalue weighted by atomic mass is 9.99. The highest BCUT2D eigenvalue weighted by atomic mass is 35.5. The van der Waals surface area contributed by atoms with Gasteiger partial charge in [-0.2, -0.15) is 0 Å². The van der Waals surface area contributed by atoms with E-state index in [-0.39, 0.29) is 12.2 Å². The van der Waals surface area contributed by atoms with Crippen LogP contribution in [0.1, 0.15) is 29.8 Å². The van der Waals surface area contributed by atoms with Gasteiger partial charge in [0.05, 0.1) is 17.7 Å². The van der Waals surface area contributed by atoms with E-state index in [0.717, 1.165) is 16.7 Å². The molecule has 1 heterocycles. The molecule has 3 N–H and O–H groups in total. The summed E-state index contributed by atoms with van der Waals surface area (Å²) in [5.41, 5.74) is 3.31. The van der Waals surface area contributed by atoms with Crippen molar-refractivity contribution in [3.05, 3.63) is 52.7 Å². The van der Waals surface area contributed by atoms with E-state index in [4.69, 9.17) is 21.4 Å². The Morgan fingerprint density at radius 2 is 1.96 bits per heavy atom. The molecule has 138 valence electrons. The van der Waals surface area contributed by atoms with Crippen LogP contribution in [0.4, 0.5) is 0 Å². The molecule has 26 heavy (non-hydrogen) atoms. The van der Waals surface area contributed by atoms with Crippen LogP contribution in [0.15, 0.2) is 36.5 Å². The molecule has 0 saturated heterocycles. The number of aliphatic hydroxyl groups is 1. The number of aromatic amines is 1. The summed E-state index contributed by atoms with van der Waals surface area (Å²) in [6.07, 6.45) is 1.95. The lowest BCUT2D eigenvalue weighted by molar-refractivity contribution is 0.0699. The van der Waals surface area contributed by atoms with Crippen LogP contribution in [0.2, 0.25) is 5.02 Å². The summed E-state index contributed by atoms with van der Waals surface area (Å²) in [4.78, 5) is 14.2. The van der Waals surface area contributed by atoms with Gasteiger partial charge < -0.3 is 19.9 Å². The first-order chi connectivity index (χ1) is 12.5. The highest BCUT2D eigenvalue weighted by Crippen LogP contribution is 2.35. The van der Waals surface area contributed by atoms with E-state index >= 15 is 0 Å². The Morgan fingerprint density at radius 1 is 1.23 bits per heavy atom. The predicted octanol–water partition coefficient (Wildman–Crippen LogP) is 4.76. The third-order valence-corrected chi connectivity index (χ3v) is 4.29. The van der Waals surface area contributed by atoms with Crippen molar-refractivity contribution in [2.45, 2.75) is 20.3 Å². The summed E-state index contributed by atoms with van der Waals surface area (Å²) in [5.74, 6) is -0.337. The number of carbonyl (C=O) groups is 1. The number of aromatic nitrogens is 1. The van der Waals surface area contributed by atoms with Crippen LogP contribution in [0.3, 0.4) is 0 Å². The molecule has 0 atom stereocenters. The zero-order valence-electron chi connectivity index (χ0n) is 15.0. The highest BCUT2D eigenvalue weighted by Gasteiger charge is 2.15.